The van der Waals surface area contributed by atoms with E-state index >= 15 is 0 Å². The molecule has 0 radical (unpaired) electrons. The Morgan fingerprint density at radius 1 is 1.55 bits per heavy atom. The van der Waals surface area contributed by atoms with Crippen LogP contribution in [0.5, 0.6) is 11.5 Å². The summed E-state index contributed by atoms with van der Waals surface area (Å²) in [7, 11) is 1.54. The van der Waals surface area contributed by atoms with Gasteiger partial charge in [-0.05, 0) is 37.0 Å². The SMILES string of the molecule is COc1cc(C(N)CCC(=O)O)cc(Cl)c1OC1CC1. The Hall–Kier alpha value is -1.46. The van der Waals surface area contributed by atoms with E-state index < -0.39 is 12.0 Å². The summed E-state index contributed by atoms with van der Waals surface area (Å²) in [6, 6.07) is 3.08. The summed E-state index contributed by atoms with van der Waals surface area (Å²) in [5.41, 5.74) is 6.73. The van der Waals surface area contributed by atoms with Gasteiger partial charge in [-0.25, -0.2) is 0 Å². The first-order valence-corrected chi connectivity index (χ1v) is 6.90. The molecule has 0 heterocycles. The van der Waals surface area contributed by atoms with Crippen molar-refractivity contribution in [3.63, 3.8) is 0 Å². The van der Waals surface area contributed by atoms with Gasteiger partial charge in [0.25, 0.3) is 0 Å². The average molecular weight is 300 g/mol. The van der Waals surface area contributed by atoms with Gasteiger partial charge < -0.3 is 20.3 Å². The highest BCUT2D eigenvalue weighted by molar-refractivity contribution is 6.32. The largest absolute Gasteiger partial charge is 0.493 e. The summed E-state index contributed by atoms with van der Waals surface area (Å²) >= 11 is 6.22. The molecule has 0 saturated heterocycles. The van der Waals surface area contributed by atoms with E-state index in [9.17, 15) is 4.79 Å². The van der Waals surface area contributed by atoms with Crippen LogP contribution >= 0.6 is 11.6 Å². The van der Waals surface area contributed by atoms with Gasteiger partial charge in [-0.15, -0.1) is 0 Å². The Labute approximate surface area is 122 Å². The number of halogens is 1. The number of carboxylic acid groups (broad SMARTS) is 1. The fourth-order valence-electron chi connectivity index (χ4n) is 1.87. The van der Waals surface area contributed by atoms with Crippen molar-refractivity contribution in [3.05, 3.63) is 22.7 Å². The second kappa shape index (κ2) is 6.33. The highest BCUT2D eigenvalue weighted by Gasteiger charge is 2.27. The van der Waals surface area contributed by atoms with E-state index in [2.05, 4.69) is 0 Å². The number of methoxy groups -OCH3 is 1. The Bertz CT molecular complexity index is 502. The van der Waals surface area contributed by atoms with Crippen LogP contribution in [0.4, 0.5) is 0 Å². The van der Waals surface area contributed by atoms with Gasteiger partial charge >= 0.3 is 5.97 Å². The highest BCUT2D eigenvalue weighted by atomic mass is 35.5. The summed E-state index contributed by atoms with van der Waals surface area (Å²) in [5, 5.41) is 9.13. The van der Waals surface area contributed by atoms with Crippen LogP contribution in [-0.2, 0) is 4.79 Å². The standard InChI is InChI=1S/C14H18ClNO4/c1-19-12-7-8(11(16)4-5-13(17)18)6-10(15)14(12)20-9-2-3-9/h6-7,9,11H,2-5,16H2,1H3,(H,17,18). The van der Waals surface area contributed by atoms with Gasteiger partial charge in [0.1, 0.15) is 0 Å². The first-order chi connectivity index (χ1) is 9.51. The third kappa shape index (κ3) is 3.77. The zero-order valence-electron chi connectivity index (χ0n) is 11.3. The number of rotatable bonds is 7. The number of carboxylic acids is 1. The molecule has 0 amide bonds. The minimum atomic E-state index is -0.868. The molecule has 5 nitrogen and oxygen atoms in total. The van der Waals surface area contributed by atoms with Crippen LogP contribution in [0.3, 0.4) is 0 Å². The lowest BCUT2D eigenvalue weighted by atomic mass is 10.0. The van der Waals surface area contributed by atoms with Gasteiger partial charge in [0.15, 0.2) is 11.5 Å². The van der Waals surface area contributed by atoms with E-state index in [0.717, 1.165) is 18.4 Å². The third-order valence-electron chi connectivity index (χ3n) is 3.16. The van der Waals surface area contributed by atoms with Gasteiger partial charge in [0.05, 0.1) is 18.2 Å². The molecule has 2 rings (SSSR count). The Morgan fingerprint density at radius 3 is 2.80 bits per heavy atom. The van der Waals surface area contributed by atoms with Gasteiger partial charge in [0.2, 0.25) is 0 Å². The average Bonchev–Trinajstić information content (AvgIpc) is 3.21. The Morgan fingerprint density at radius 2 is 2.25 bits per heavy atom. The number of hydrogen-bond donors (Lipinski definition) is 2. The summed E-state index contributed by atoms with van der Waals surface area (Å²) in [4.78, 5) is 10.6. The molecule has 110 valence electrons. The number of benzene rings is 1. The third-order valence-corrected chi connectivity index (χ3v) is 3.44. The van der Waals surface area contributed by atoms with Crippen molar-refractivity contribution < 1.29 is 19.4 Å². The van der Waals surface area contributed by atoms with E-state index in [-0.39, 0.29) is 12.5 Å². The highest BCUT2D eigenvalue weighted by Crippen LogP contribution is 2.41. The molecule has 1 fully saturated rings. The second-order valence-corrected chi connectivity index (χ2v) is 5.30. The van der Waals surface area contributed by atoms with Crippen molar-refractivity contribution in [2.45, 2.75) is 37.8 Å². The summed E-state index contributed by atoms with van der Waals surface area (Å²) in [6.45, 7) is 0. The van der Waals surface area contributed by atoms with Crippen LogP contribution in [0.25, 0.3) is 0 Å². The molecule has 1 aromatic carbocycles. The molecule has 1 atom stereocenters. The molecule has 1 unspecified atom stereocenters. The lowest BCUT2D eigenvalue weighted by molar-refractivity contribution is -0.137. The predicted molar refractivity (Wildman–Crippen MR) is 75.5 cm³/mol. The van der Waals surface area contributed by atoms with Crippen molar-refractivity contribution in [1.82, 2.24) is 0 Å². The molecule has 6 heteroatoms. The number of ether oxygens (including phenoxy) is 2. The van der Waals surface area contributed by atoms with Crippen LogP contribution in [0.15, 0.2) is 12.1 Å². The normalized spacial score (nSPS) is 15.8. The topological polar surface area (TPSA) is 81.8 Å². The number of nitrogens with two attached hydrogens (primary N) is 1. The molecule has 0 bridgehead atoms. The zero-order chi connectivity index (χ0) is 14.7. The lowest BCUT2D eigenvalue weighted by Gasteiger charge is -2.17. The predicted octanol–water partition coefficient (Wildman–Crippen LogP) is 2.75. The molecular weight excluding hydrogens is 282 g/mol. The maximum atomic E-state index is 10.6. The summed E-state index contributed by atoms with van der Waals surface area (Å²) < 4.78 is 11.0. The molecule has 0 aromatic heterocycles. The van der Waals surface area contributed by atoms with Gasteiger partial charge in [0, 0.05) is 12.5 Å². The molecule has 0 aliphatic heterocycles. The quantitative estimate of drug-likeness (QED) is 0.809. The maximum absolute atomic E-state index is 10.6. The van der Waals surface area contributed by atoms with Crippen molar-refractivity contribution in [1.29, 1.82) is 0 Å². The second-order valence-electron chi connectivity index (χ2n) is 4.89. The van der Waals surface area contributed by atoms with Crippen molar-refractivity contribution in [2.75, 3.05) is 7.11 Å². The van der Waals surface area contributed by atoms with Crippen molar-refractivity contribution in [3.8, 4) is 11.5 Å². The van der Waals surface area contributed by atoms with Crippen LogP contribution in [0, 0.1) is 0 Å². The fraction of sp³-hybridized carbons (Fsp3) is 0.500. The van der Waals surface area contributed by atoms with E-state index in [1.807, 2.05) is 0 Å². The molecule has 1 aromatic rings. The fourth-order valence-corrected chi connectivity index (χ4v) is 2.13. The van der Waals surface area contributed by atoms with Gasteiger partial charge in [-0.3, -0.25) is 4.79 Å². The van der Waals surface area contributed by atoms with E-state index in [4.69, 9.17) is 31.9 Å². The molecule has 1 aliphatic rings. The number of aliphatic carboxylic acids is 1. The molecular formula is C14H18ClNO4. The molecule has 1 aliphatic carbocycles. The van der Waals surface area contributed by atoms with Crippen LogP contribution in [0.2, 0.25) is 5.02 Å². The molecule has 0 spiro atoms. The lowest BCUT2D eigenvalue weighted by Crippen LogP contribution is -2.13. The summed E-state index contributed by atoms with van der Waals surface area (Å²) in [5.74, 6) is 0.197. The maximum Gasteiger partial charge on any atom is 0.303 e. The van der Waals surface area contributed by atoms with E-state index in [1.165, 1.54) is 7.11 Å². The number of carbonyl (C=O) groups is 1. The van der Waals surface area contributed by atoms with Gasteiger partial charge in [-0.1, -0.05) is 11.6 Å². The van der Waals surface area contributed by atoms with Crippen LogP contribution in [0.1, 0.15) is 37.3 Å². The molecule has 1 saturated carbocycles. The Kier molecular flexibility index (Phi) is 4.73. The molecule has 3 N–H and O–H groups in total. The Balaban J connectivity index is 2.17. The monoisotopic (exact) mass is 299 g/mol. The minimum Gasteiger partial charge on any atom is -0.493 e. The first-order valence-electron chi connectivity index (χ1n) is 6.52. The smallest absolute Gasteiger partial charge is 0.303 e. The van der Waals surface area contributed by atoms with Crippen molar-refractivity contribution in [2.24, 2.45) is 5.73 Å². The van der Waals surface area contributed by atoms with E-state index in [0.29, 0.717) is 22.9 Å². The zero-order valence-corrected chi connectivity index (χ0v) is 12.0. The number of hydrogen-bond acceptors (Lipinski definition) is 4. The van der Waals surface area contributed by atoms with Crippen LogP contribution in [-0.4, -0.2) is 24.3 Å². The van der Waals surface area contributed by atoms with E-state index in [1.54, 1.807) is 12.1 Å². The molecule has 20 heavy (non-hydrogen) atoms. The first kappa shape index (κ1) is 14.9. The van der Waals surface area contributed by atoms with Crippen molar-refractivity contribution >= 4 is 17.6 Å². The van der Waals surface area contributed by atoms with Gasteiger partial charge in [-0.2, -0.15) is 0 Å². The summed E-state index contributed by atoms with van der Waals surface area (Å²) in [6.07, 6.45) is 2.63. The minimum absolute atomic E-state index is 0.0153. The van der Waals surface area contributed by atoms with Crippen LogP contribution < -0.4 is 15.2 Å².